The molecule has 0 unspecified atom stereocenters. The van der Waals surface area contributed by atoms with Gasteiger partial charge in [0.15, 0.2) is 5.79 Å². The first-order chi connectivity index (χ1) is 10.8. The van der Waals surface area contributed by atoms with E-state index in [2.05, 4.69) is 6.92 Å². The van der Waals surface area contributed by atoms with Crippen LogP contribution < -0.4 is 5.73 Å². The monoisotopic (exact) mass is 313 g/mol. The van der Waals surface area contributed by atoms with Crippen LogP contribution in [0.3, 0.4) is 0 Å². The molecule has 0 atom stereocenters. The van der Waals surface area contributed by atoms with Gasteiger partial charge < -0.3 is 15.2 Å². The largest absolute Gasteiger partial charge is 0.348 e. The van der Waals surface area contributed by atoms with Crippen LogP contribution in [0.25, 0.3) is 0 Å². The first-order valence-corrected chi connectivity index (χ1v) is 9.81. The fourth-order valence-corrected chi connectivity index (χ4v) is 3.34. The molecule has 2 N–H and O–H groups in total. The fraction of sp³-hybridized carbons (Fsp3) is 1.00. The van der Waals surface area contributed by atoms with Crippen LogP contribution in [0, 0.1) is 0 Å². The van der Waals surface area contributed by atoms with E-state index in [1.165, 1.54) is 70.6 Å². The molecule has 0 radical (unpaired) electrons. The van der Waals surface area contributed by atoms with Crippen molar-refractivity contribution in [3.63, 3.8) is 0 Å². The van der Waals surface area contributed by atoms with E-state index in [9.17, 15) is 0 Å². The van der Waals surface area contributed by atoms with Crippen molar-refractivity contribution in [1.82, 2.24) is 0 Å². The van der Waals surface area contributed by atoms with Gasteiger partial charge in [0.1, 0.15) is 0 Å². The molecule has 0 spiro atoms. The van der Waals surface area contributed by atoms with Crippen molar-refractivity contribution in [2.75, 3.05) is 19.8 Å². The predicted octanol–water partition coefficient (Wildman–Crippen LogP) is 5.17. The molecule has 1 saturated heterocycles. The highest BCUT2D eigenvalue weighted by molar-refractivity contribution is 4.74. The topological polar surface area (TPSA) is 44.5 Å². The smallest absolute Gasteiger partial charge is 0.168 e. The Hall–Kier alpha value is -0.120. The van der Waals surface area contributed by atoms with E-state index in [1.54, 1.807) is 0 Å². The highest BCUT2D eigenvalue weighted by Crippen LogP contribution is 2.30. The third-order valence-electron chi connectivity index (χ3n) is 4.74. The highest BCUT2D eigenvalue weighted by atomic mass is 16.7. The van der Waals surface area contributed by atoms with Gasteiger partial charge in [-0.05, 0) is 19.4 Å². The van der Waals surface area contributed by atoms with Gasteiger partial charge in [0.2, 0.25) is 0 Å². The molecule has 3 heteroatoms. The summed E-state index contributed by atoms with van der Waals surface area (Å²) in [6.07, 6.45) is 18.2. The first kappa shape index (κ1) is 19.9. The zero-order valence-electron chi connectivity index (χ0n) is 14.9. The molecule has 3 nitrogen and oxygen atoms in total. The molecule has 0 aliphatic carbocycles. The summed E-state index contributed by atoms with van der Waals surface area (Å²) < 4.78 is 11.7. The standard InChI is InChI=1S/C19H39NO2/c1-2-3-4-5-6-7-8-9-10-11-12-14-19(15-13-16-20)21-17-18-22-19/h2-18,20H2,1H3. The van der Waals surface area contributed by atoms with E-state index in [0.29, 0.717) is 0 Å². The lowest BCUT2D eigenvalue weighted by Crippen LogP contribution is -2.30. The van der Waals surface area contributed by atoms with Gasteiger partial charge in [-0.3, -0.25) is 0 Å². The van der Waals surface area contributed by atoms with E-state index in [4.69, 9.17) is 15.2 Å². The van der Waals surface area contributed by atoms with Crippen molar-refractivity contribution in [3.05, 3.63) is 0 Å². The van der Waals surface area contributed by atoms with Crippen molar-refractivity contribution in [1.29, 1.82) is 0 Å². The third-order valence-corrected chi connectivity index (χ3v) is 4.74. The van der Waals surface area contributed by atoms with Crippen LogP contribution in [0.5, 0.6) is 0 Å². The van der Waals surface area contributed by atoms with E-state index in [-0.39, 0.29) is 5.79 Å². The van der Waals surface area contributed by atoms with Gasteiger partial charge in [-0.15, -0.1) is 0 Å². The zero-order chi connectivity index (χ0) is 15.9. The van der Waals surface area contributed by atoms with Crippen LogP contribution in [0.15, 0.2) is 0 Å². The second-order valence-electron chi connectivity index (χ2n) is 6.79. The number of rotatable bonds is 15. The Labute approximate surface area is 138 Å². The normalized spacial score (nSPS) is 17.2. The lowest BCUT2D eigenvalue weighted by atomic mass is 10.0. The van der Waals surface area contributed by atoms with Crippen LogP contribution in [0.4, 0.5) is 0 Å². The van der Waals surface area contributed by atoms with E-state index < -0.39 is 0 Å². The van der Waals surface area contributed by atoms with Gasteiger partial charge in [-0.25, -0.2) is 0 Å². The Morgan fingerprint density at radius 2 is 1.14 bits per heavy atom. The summed E-state index contributed by atoms with van der Waals surface area (Å²) in [6.45, 7) is 4.51. The molecule has 0 saturated carbocycles. The Morgan fingerprint density at radius 1 is 0.682 bits per heavy atom. The Balaban J connectivity index is 1.91. The Morgan fingerprint density at radius 3 is 1.64 bits per heavy atom. The second kappa shape index (κ2) is 13.3. The van der Waals surface area contributed by atoms with Crippen molar-refractivity contribution in [3.8, 4) is 0 Å². The summed E-state index contributed by atoms with van der Waals surface area (Å²) in [7, 11) is 0. The summed E-state index contributed by atoms with van der Waals surface area (Å²) in [4.78, 5) is 0. The van der Waals surface area contributed by atoms with Crippen LogP contribution in [0.1, 0.15) is 96.8 Å². The molecule has 0 amide bonds. The van der Waals surface area contributed by atoms with Crippen LogP contribution in [0.2, 0.25) is 0 Å². The summed E-state index contributed by atoms with van der Waals surface area (Å²) >= 11 is 0. The summed E-state index contributed by atoms with van der Waals surface area (Å²) in [6, 6.07) is 0. The van der Waals surface area contributed by atoms with Gasteiger partial charge in [-0.1, -0.05) is 71.1 Å². The Kier molecular flexibility index (Phi) is 12.1. The molecule has 22 heavy (non-hydrogen) atoms. The number of hydrogen-bond acceptors (Lipinski definition) is 3. The molecule has 1 aliphatic rings. The number of ether oxygens (including phenoxy) is 2. The average Bonchev–Trinajstić information content (AvgIpc) is 3.00. The SMILES string of the molecule is CCCCCCCCCCCCCC1(CCCN)OCCO1. The molecule has 1 aliphatic heterocycles. The van der Waals surface area contributed by atoms with E-state index >= 15 is 0 Å². The predicted molar refractivity (Wildman–Crippen MR) is 94.0 cm³/mol. The van der Waals surface area contributed by atoms with Gasteiger partial charge in [0.05, 0.1) is 13.2 Å². The second-order valence-corrected chi connectivity index (χ2v) is 6.79. The van der Waals surface area contributed by atoms with Crippen molar-refractivity contribution < 1.29 is 9.47 Å². The van der Waals surface area contributed by atoms with Crippen LogP contribution in [-0.2, 0) is 9.47 Å². The molecule has 1 heterocycles. The lowest BCUT2D eigenvalue weighted by Gasteiger charge is -2.27. The quantitative estimate of drug-likeness (QED) is 0.424. The summed E-state index contributed by atoms with van der Waals surface area (Å²) in [5.74, 6) is -0.293. The molecule has 1 rings (SSSR count). The number of unbranched alkanes of at least 4 members (excludes halogenated alkanes) is 10. The molecular formula is C19H39NO2. The van der Waals surface area contributed by atoms with E-state index in [0.717, 1.165) is 39.0 Å². The molecule has 132 valence electrons. The van der Waals surface area contributed by atoms with Crippen molar-refractivity contribution in [2.45, 2.75) is 103 Å². The third kappa shape index (κ3) is 9.12. The summed E-state index contributed by atoms with van der Waals surface area (Å²) in [5.41, 5.74) is 5.62. The molecule has 0 aromatic carbocycles. The van der Waals surface area contributed by atoms with Gasteiger partial charge in [-0.2, -0.15) is 0 Å². The number of nitrogens with two attached hydrogens (primary N) is 1. The van der Waals surface area contributed by atoms with Crippen molar-refractivity contribution in [2.24, 2.45) is 5.73 Å². The maximum Gasteiger partial charge on any atom is 0.168 e. The highest BCUT2D eigenvalue weighted by Gasteiger charge is 2.34. The fourth-order valence-electron chi connectivity index (χ4n) is 3.34. The van der Waals surface area contributed by atoms with Crippen LogP contribution >= 0.6 is 0 Å². The molecule has 1 fully saturated rings. The maximum absolute atomic E-state index is 5.86. The van der Waals surface area contributed by atoms with Gasteiger partial charge >= 0.3 is 0 Å². The van der Waals surface area contributed by atoms with Crippen LogP contribution in [-0.4, -0.2) is 25.5 Å². The molecular weight excluding hydrogens is 274 g/mol. The summed E-state index contributed by atoms with van der Waals surface area (Å²) in [5, 5.41) is 0. The Bertz CT molecular complexity index is 240. The first-order valence-electron chi connectivity index (χ1n) is 9.81. The minimum Gasteiger partial charge on any atom is -0.348 e. The van der Waals surface area contributed by atoms with Gasteiger partial charge in [0, 0.05) is 12.8 Å². The molecule has 0 aromatic heterocycles. The average molecular weight is 314 g/mol. The lowest BCUT2D eigenvalue weighted by molar-refractivity contribution is -0.168. The zero-order valence-corrected chi connectivity index (χ0v) is 14.9. The number of hydrogen-bond donors (Lipinski definition) is 1. The molecule has 0 bridgehead atoms. The maximum atomic E-state index is 5.86. The molecule has 0 aromatic rings. The minimum absolute atomic E-state index is 0.293. The van der Waals surface area contributed by atoms with Crippen molar-refractivity contribution >= 4 is 0 Å². The minimum atomic E-state index is -0.293. The van der Waals surface area contributed by atoms with E-state index in [1.807, 2.05) is 0 Å². The van der Waals surface area contributed by atoms with Gasteiger partial charge in [0.25, 0.3) is 0 Å².